The van der Waals surface area contributed by atoms with Crippen molar-refractivity contribution in [2.24, 2.45) is 0 Å². The minimum atomic E-state index is -0.686. The molecule has 80 valence electrons. The molecular weight excluding hydrogens is 204 g/mol. The Morgan fingerprint density at radius 1 is 1.31 bits per heavy atom. The number of benzene rings is 1. The molecule has 1 atom stereocenters. The Kier molecular flexibility index (Phi) is 1.97. The first-order valence-corrected chi connectivity index (χ1v) is 4.96. The summed E-state index contributed by atoms with van der Waals surface area (Å²) in [6.45, 7) is 0. The van der Waals surface area contributed by atoms with Crippen LogP contribution in [0.25, 0.3) is 11.6 Å². The highest BCUT2D eigenvalue weighted by Gasteiger charge is 2.23. The molecular formula is C11H10N4O. The average molecular weight is 214 g/mol. The van der Waals surface area contributed by atoms with E-state index < -0.39 is 6.23 Å². The van der Waals surface area contributed by atoms with Crippen LogP contribution in [0.15, 0.2) is 30.5 Å². The van der Waals surface area contributed by atoms with Gasteiger partial charge in [-0.3, -0.25) is 0 Å². The number of rotatable bonds is 1. The van der Waals surface area contributed by atoms with Crippen molar-refractivity contribution in [1.82, 2.24) is 15.4 Å². The van der Waals surface area contributed by atoms with E-state index in [1.165, 1.54) is 0 Å². The topological polar surface area (TPSA) is 73.8 Å². The summed E-state index contributed by atoms with van der Waals surface area (Å²) in [4.78, 5) is 0. The lowest BCUT2D eigenvalue weighted by molar-refractivity contribution is 0.266. The quantitative estimate of drug-likeness (QED) is 0.664. The minimum absolute atomic E-state index is 0.686. The summed E-state index contributed by atoms with van der Waals surface area (Å²) in [6, 6.07) is 7.76. The van der Waals surface area contributed by atoms with E-state index in [-0.39, 0.29) is 0 Å². The van der Waals surface area contributed by atoms with E-state index >= 15 is 0 Å². The van der Waals surface area contributed by atoms with E-state index in [4.69, 9.17) is 0 Å². The molecule has 16 heavy (non-hydrogen) atoms. The van der Waals surface area contributed by atoms with E-state index in [0.29, 0.717) is 5.69 Å². The summed E-state index contributed by atoms with van der Waals surface area (Å²) in [5, 5.41) is 23.1. The van der Waals surface area contributed by atoms with Crippen molar-refractivity contribution in [3.05, 3.63) is 41.7 Å². The standard InChI is InChI=1S/C11H10N4O/c16-11-9(5-7-6-12-15-14-7)8-3-1-2-4-10(8)13-11/h1-6,11,13,16H,(H,12,14,15)/b9-5-. The van der Waals surface area contributed by atoms with Gasteiger partial charge in [-0.2, -0.15) is 15.4 Å². The molecule has 1 unspecified atom stereocenters. The molecule has 3 N–H and O–H groups in total. The zero-order valence-corrected chi connectivity index (χ0v) is 8.38. The van der Waals surface area contributed by atoms with Gasteiger partial charge in [0.25, 0.3) is 0 Å². The maximum Gasteiger partial charge on any atom is 0.151 e. The number of hydrogen-bond acceptors (Lipinski definition) is 4. The molecule has 0 radical (unpaired) electrons. The number of hydrogen-bond donors (Lipinski definition) is 3. The van der Waals surface area contributed by atoms with Crippen molar-refractivity contribution in [1.29, 1.82) is 0 Å². The molecule has 0 amide bonds. The van der Waals surface area contributed by atoms with Crippen LogP contribution < -0.4 is 5.32 Å². The fourth-order valence-corrected chi connectivity index (χ4v) is 1.83. The van der Waals surface area contributed by atoms with Crippen LogP contribution in [0.1, 0.15) is 11.3 Å². The first-order valence-electron chi connectivity index (χ1n) is 4.96. The Morgan fingerprint density at radius 2 is 2.19 bits per heavy atom. The van der Waals surface area contributed by atoms with Gasteiger partial charge in [-0.05, 0) is 12.1 Å². The molecule has 0 bridgehead atoms. The average Bonchev–Trinajstić information content (AvgIpc) is 2.89. The Morgan fingerprint density at radius 3 is 3.00 bits per heavy atom. The van der Waals surface area contributed by atoms with Gasteiger partial charge in [0.1, 0.15) is 5.69 Å². The molecule has 2 heterocycles. The van der Waals surface area contributed by atoms with Gasteiger partial charge in [0, 0.05) is 16.8 Å². The molecule has 5 heteroatoms. The molecule has 3 rings (SSSR count). The Balaban J connectivity index is 2.08. The summed E-state index contributed by atoms with van der Waals surface area (Å²) in [5.41, 5.74) is 3.44. The maximum atomic E-state index is 9.87. The number of anilines is 1. The van der Waals surface area contributed by atoms with Crippen LogP contribution >= 0.6 is 0 Å². The first kappa shape index (κ1) is 9.11. The molecule has 2 aromatic rings. The van der Waals surface area contributed by atoms with E-state index in [2.05, 4.69) is 20.7 Å². The predicted octanol–water partition coefficient (Wildman–Crippen LogP) is 1.09. The number of nitrogens with zero attached hydrogens (tertiary/aromatic N) is 2. The van der Waals surface area contributed by atoms with Gasteiger partial charge in [0.05, 0.1) is 6.20 Å². The fraction of sp³-hybridized carbons (Fsp3) is 0.0909. The highest BCUT2D eigenvalue weighted by Crippen LogP contribution is 2.34. The lowest BCUT2D eigenvalue weighted by atomic mass is 10.1. The monoisotopic (exact) mass is 214 g/mol. The van der Waals surface area contributed by atoms with E-state index in [9.17, 15) is 5.11 Å². The van der Waals surface area contributed by atoms with Gasteiger partial charge in [-0.15, -0.1) is 0 Å². The molecule has 5 nitrogen and oxygen atoms in total. The molecule has 1 aliphatic heterocycles. The zero-order valence-electron chi connectivity index (χ0n) is 8.38. The molecule has 0 spiro atoms. The van der Waals surface area contributed by atoms with Gasteiger partial charge in [-0.1, -0.05) is 18.2 Å². The van der Waals surface area contributed by atoms with Gasteiger partial charge < -0.3 is 10.4 Å². The summed E-state index contributed by atoms with van der Waals surface area (Å²) in [7, 11) is 0. The molecule has 1 aromatic carbocycles. The summed E-state index contributed by atoms with van der Waals surface area (Å²) < 4.78 is 0. The Labute approximate surface area is 91.8 Å². The number of aromatic amines is 1. The van der Waals surface area contributed by atoms with Crippen molar-refractivity contribution in [2.75, 3.05) is 5.32 Å². The van der Waals surface area contributed by atoms with Crippen LogP contribution in [0, 0.1) is 0 Å². The first-order chi connectivity index (χ1) is 7.84. The van der Waals surface area contributed by atoms with E-state index in [1.54, 1.807) is 6.20 Å². The summed E-state index contributed by atoms with van der Waals surface area (Å²) in [6.07, 6.45) is 2.74. The number of aliphatic hydroxyl groups is 1. The normalized spacial score (nSPS) is 20.8. The van der Waals surface area contributed by atoms with Crippen molar-refractivity contribution >= 4 is 17.3 Å². The molecule has 0 saturated heterocycles. The minimum Gasteiger partial charge on any atom is -0.369 e. The number of para-hydroxylation sites is 1. The Bertz CT molecular complexity index is 533. The van der Waals surface area contributed by atoms with Gasteiger partial charge in [0.15, 0.2) is 6.23 Å². The van der Waals surface area contributed by atoms with Crippen LogP contribution in [0.2, 0.25) is 0 Å². The van der Waals surface area contributed by atoms with Crippen LogP contribution in [-0.2, 0) is 0 Å². The SMILES string of the molecule is OC1Nc2ccccc2/C1=C/c1cn[nH]n1. The third-order valence-electron chi connectivity index (χ3n) is 2.56. The second-order valence-corrected chi connectivity index (χ2v) is 3.59. The van der Waals surface area contributed by atoms with Gasteiger partial charge >= 0.3 is 0 Å². The fourth-order valence-electron chi connectivity index (χ4n) is 1.83. The van der Waals surface area contributed by atoms with Crippen molar-refractivity contribution < 1.29 is 5.11 Å². The second kappa shape index (κ2) is 3.46. The third kappa shape index (κ3) is 1.38. The number of H-pyrrole nitrogens is 1. The molecule has 1 aliphatic rings. The second-order valence-electron chi connectivity index (χ2n) is 3.59. The lowest BCUT2D eigenvalue weighted by Gasteiger charge is -2.03. The van der Waals surface area contributed by atoms with E-state index in [1.807, 2.05) is 30.3 Å². The third-order valence-corrected chi connectivity index (χ3v) is 2.56. The van der Waals surface area contributed by atoms with E-state index in [0.717, 1.165) is 16.8 Å². The number of nitrogens with one attached hydrogen (secondary N) is 2. The van der Waals surface area contributed by atoms with Gasteiger partial charge in [-0.25, -0.2) is 0 Å². The zero-order chi connectivity index (χ0) is 11.0. The predicted molar refractivity (Wildman–Crippen MR) is 60.3 cm³/mol. The lowest BCUT2D eigenvalue weighted by Crippen LogP contribution is -2.12. The molecule has 0 saturated carbocycles. The number of aromatic nitrogens is 3. The number of fused-ring (bicyclic) bond motifs is 1. The van der Waals surface area contributed by atoms with Crippen LogP contribution in [0.5, 0.6) is 0 Å². The molecule has 0 aliphatic carbocycles. The highest BCUT2D eigenvalue weighted by molar-refractivity contribution is 5.93. The smallest absolute Gasteiger partial charge is 0.151 e. The van der Waals surface area contributed by atoms with Gasteiger partial charge in [0.2, 0.25) is 0 Å². The highest BCUT2D eigenvalue weighted by atomic mass is 16.3. The van der Waals surface area contributed by atoms with Crippen molar-refractivity contribution in [2.45, 2.75) is 6.23 Å². The van der Waals surface area contributed by atoms with Crippen molar-refractivity contribution in [3.8, 4) is 0 Å². The summed E-state index contributed by atoms with van der Waals surface area (Å²) in [5.74, 6) is 0. The Hall–Kier alpha value is -2.14. The maximum absolute atomic E-state index is 9.87. The van der Waals surface area contributed by atoms with Crippen molar-refractivity contribution in [3.63, 3.8) is 0 Å². The van der Waals surface area contributed by atoms with Crippen LogP contribution in [0.4, 0.5) is 5.69 Å². The number of aliphatic hydroxyl groups excluding tert-OH is 1. The van der Waals surface area contributed by atoms with Crippen LogP contribution in [-0.4, -0.2) is 26.7 Å². The largest absolute Gasteiger partial charge is 0.369 e. The molecule has 1 aromatic heterocycles. The summed E-state index contributed by atoms with van der Waals surface area (Å²) >= 11 is 0. The molecule has 0 fully saturated rings. The van der Waals surface area contributed by atoms with Crippen LogP contribution in [0.3, 0.4) is 0 Å².